The number of pyridine rings is 1. The lowest BCUT2D eigenvalue weighted by molar-refractivity contribution is -0.121. The van der Waals surface area contributed by atoms with Crippen LogP contribution in [0.1, 0.15) is 47.9 Å². The van der Waals surface area contributed by atoms with Crippen molar-refractivity contribution in [1.29, 1.82) is 0 Å². The molecule has 0 aliphatic carbocycles. The van der Waals surface area contributed by atoms with E-state index in [1.54, 1.807) is 12.1 Å². The van der Waals surface area contributed by atoms with Gasteiger partial charge in [-0.05, 0) is 55.1 Å². The van der Waals surface area contributed by atoms with Crippen molar-refractivity contribution in [2.75, 3.05) is 6.54 Å². The van der Waals surface area contributed by atoms with Crippen molar-refractivity contribution >= 4 is 28.9 Å². The maximum atomic E-state index is 13.6. The molecule has 0 radical (unpaired) electrons. The molecule has 0 spiro atoms. The Morgan fingerprint density at radius 2 is 1.91 bits per heavy atom. The number of benzene rings is 2. The molecule has 2 heterocycles. The van der Waals surface area contributed by atoms with Crippen molar-refractivity contribution in [3.8, 4) is 0 Å². The Hall–Kier alpha value is -3.74. The van der Waals surface area contributed by atoms with Gasteiger partial charge in [-0.15, -0.1) is 0 Å². The molecule has 0 fully saturated rings. The number of cyclic esters (lactones) is 1. The van der Waals surface area contributed by atoms with E-state index in [1.807, 2.05) is 38.1 Å². The van der Waals surface area contributed by atoms with Crippen molar-refractivity contribution < 1.29 is 18.7 Å². The third-order valence-corrected chi connectivity index (χ3v) is 5.33. The molecule has 1 aliphatic heterocycles. The zero-order valence-electron chi connectivity index (χ0n) is 17.9. The minimum atomic E-state index is -0.480. The lowest BCUT2D eigenvalue weighted by atomic mass is 9.99. The van der Waals surface area contributed by atoms with E-state index >= 15 is 0 Å². The summed E-state index contributed by atoms with van der Waals surface area (Å²) < 4.78 is 20.4. The molecule has 0 saturated heterocycles. The van der Waals surface area contributed by atoms with Gasteiger partial charge in [0.2, 0.25) is 5.91 Å². The molecule has 2 aromatic carbocycles. The summed E-state index contributed by atoms with van der Waals surface area (Å²) in [5.74, 6) is -1.23. The number of halogens is 1. The van der Waals surface area contributed by atoms with Crippen LogP contribution in [-0.2, 0) is 16.1 Å². The first-order valence-corrected chi connectivity index (χ1v) is 10.4. The van der Waals surface area contributed by atoms with Crippen LogP contribution < -0.4 is 10.9 Å². The number of amides is 1. The molecule has 32 heavy (non-hydrogen) atoms. The largest absolute Gasteiger partial charge is 0.454 e. The number of ether oxygens (including phenoxy) is 1. The Morgan fingerprint density at radius 1 is 1.12 bits per heavy atom. The molecule has 1 amide bonds. The monoisotopic (exact) mass is 434 g/mol. The minimum Gasteiger partial charge on any atom is -0.454 e. The van der Waals surface area contributed by atoms with Gasteiger partial charge in [0.1, 0.15) is 18.5 Å². The summed E-state index contributed by atoms with van der Waals surface area (Å²) >= 11 is 0. The Balaban J connectivity index is 1.41. The zero-order valence-corrected chi connectivity index (χ0v) is 17.9. The summed E-state index contributed by atoms with van der Waals surface area (Å²) in [6.45, 7) is 4.01. The second-order valence-corrected chi connectivity index (χ2v) is 8.06. The Kier molecular flexibility index (Phi) is 5.90. The van der Waals surface area contributed by atoms with Gasteiger partial charge >= 0.3 is 5.97 Å². The predicted octanol–water partition coefficient (Wildman–Crippen LogP) is 3.98. The van der Waals surface area contributed by atoms with Gasteiger partial charge in [-0.1, -0.05) is 23.8 Å². The number of carbonyl (C=O) groups is 2. The van der Waals surface area contributed by atoms with Crippen LogP contribution in [0.5, 0.6) is 0 Å². The molecule has 7 heteroatoms. The van der Waals surface area contributed by atoms with E-state index in [1.165, 1.54) is 22.8 Å². The molecule has 6 nitrogen and oxygen atoms in total. The Morgan fingerprint density at radius 3 is 2.69 bits per heavy atom. The SMILES string of the molecule is CC(C)=Cc1ccc2c(c1)C(=O)OC2CCNC(=O)Cn1c(=O)ccc2ccc(F)cc21. The summed E-state index contributed by atoms with van der Waals surface area (Å²) in [6.07, 6.45) is 1.96. The van der Waals surface area contributed by atoms with Crippen LogP contribution in [0.25, 0.3) is 17.0 Å². The number of esters is 1. The number of hydrogen-bond donors (Lipinski definition) is 1. The first kappa shape index (κ1) is 21.5. The molecule has 1 aliphatic rings. The van der Waals surface area contributed by atoms with Crippen LogP contribution in [0.15, 0.2) is 58.9 Å². The van der Waals surface area contributed by atoms with Gasteiger partial charge in [0, 0.05) is 24.6 Å². The Labute approximate surface area is 184 Å². The van der Waals surface area contributed by atoms with Gasteiger partial charge < -0.3 is 10.1 Å². The van der Waals surface area contributed by atoms with Gasteiger partial charge in [-0.2, -0.15) is 0 Å². The molecule has 4 rings (SSSR count). The molecule has 1 unspecified atom stereocenters. The zero-order chi connectivity index (χ0) is 22.8. The van der Waals surface area contributed by atoms with E-state index in [9.17, 15) is 18.8 Å². The number of rotatable bonds is 6. The van der Waals surface area contributed by atoms with Gasteiger partial charge in [0.15, 0.2) is 0 Å². The van der Waals surface area contributed by atoms with E-state index in [0.29, 0.717) is 22.9 Å². The van der Waals surface area contributed by atoms with Crippen molar-refractivity contribution in [3.05, 3.63) is 87.0 Å². The standard InChI is InChI=1S/C25H23FN2O4/c1-15(2)11-16-3-7-19-20(12-16)25(31)32-22(19)9-10-27-23(29)14-28-21-13-18(26)6-4-17(21)5-8-24(28)30/h3-8,11-13,22H,9-10,14H2,1-2H3,(H,27,29). The number of allylic oxidation sites excluding steroid dienone is 1. The van der Waals surface area contributed by atoms with Crippen molar-refractivity contribution in [2.24, 2.45) is 0 Å². The number of nitrogens with zero attached hydrogens (tertiary/aromatic N) is 1. The van der Waals surface area contributed by atoms with Crippen molar-refractivity contribution in [3.63, 3.8) is 0 Å². The van der Waals surface area contributed by atoms with Crippen LogP contribution >= 0.6 is 0 Å². The third-order valence-electron chi connectivity index (χ3n) is 5.33. The van der Waals surface area contributed by atoms with Crippen LogP contribution in [-0.4, -0.2) is 23.0 Å². The smallest absolute Gasteiger partial charge is 0.339 e. The highest BCUT2D eigenvalue weighted by atomic mass is 19.1. The van der Waals surface area contributed by atoms with Crippen LogP contribution in [0.3, 0.4) is 0 Å². The van der Waals surface area contributed by atoms with E-state index in [4.69, 9.17) is 4.74 Å². The summed E-state index contributed by atoms with van der Waals surface area (Å²) in [5, 5.41) is 3.42. The summed E-state index contributed by atoms with van der Waals surface area (Å²) in [6, 6.07) is 12.7. The molecule has 3 aromatic rings. The molecule has 1 N–H and O–H groups in total. The van der Waals surface area contributed by atoms with Crippen LogP contribution in [0.4, 0.5) is 4.39 Å². The first-order valence-electron chi connectivity index (χ1n) is 10.4. The lowest BCUT2D eigenvalue weighted by Crippen LogP contribution is -2.33. The highest BCUT2D eigenvalue weighted by molar-refractivity contribution is 5.94. The average Bonchev–Trinajstić information content (AvgIpc) is 3.05. The van der Waals surface area contributed by atoms with Crippen molar-refractivity contribution in [2.45, 2.75) is 32.9 Å². The van der Waals surface area contributed by atoms with E-state index < -0.39 is 11.9 Å². The number of hydrogen-bond acceptors (Lipinski definition) is 4. The molecule has 1 atom stereocenters. The third kappa shape index (κ3) is 4.46. The highest BCUT2D eigenvalue weighted by Gasteiger charge is 2.30. The second kappa shape index (κ2) is 8.78. The molecular formula is C25H23FN2O4. The minimum absolute atomic E-state index is 0.229. The van der Waals surface area contributed by atoms with E-state index in [2.05, 4.69) is 5.32 Å². The van der Waals surface area contributed by atoms with Crippen molar-refractivity contribution in [1.82, 2.24) is 9.88 Å². The molecular weight excluding hydrogens is 411 g/mol. The van der Waals surface area contributed by atoms with E-state index in [0.717, 1.165) is 16.7 Å². The average molecular weight is 434 g/mol. The topological polar surface area (TPSA) is 77.4 Å². The molecule has 0 saturated carbocycles. The summed E-state index contributed by atoms with van der Waals surface area (Å²) in [7, 11) is 0. The van der Waals surface area contributed by atoms with Gasteiger partial charge in [0.05, 0.1) is 11.1 Å². The number of nitrogens with one attached hydrogen (secondary N) is 1. The quantitative estimate of drug-likeness (QED) is 0.596. The fraction of sp³-hybridized carbons (Fsp3) is 0.240. The second-order valence-electron chi connectivity index (χ2n) is 8.06. The maximum absolute atomic E-state index is 13.6. The number of aromatic nitrogens is 1. The fourth-order valence-corrected chi connectivity index (χ4v) is 3.89. The normalized spacial score (nSPS) is 14.7. The van der Waals surface area contributed by atoms with Gasteiger partial charge in [-0.25, -0.2) is 9.18 Å². The van der Waals surface area contributed by atoms with Gasteiger partial charge in [0.25, 0.3) is 5.56 Å². The molecule has 0 bridgehead atoms. The summed E-state index contributed by atoms with van der Waals surface area (Å²) in [5.41, 5.74) is 3.38. The Bertz CT molecular complexity index is 1310. The van der Waals surface area contributed by atoms with Crippen LogP contribution in [0.2, 0.25) is 0 Å². The van der Waals surface area contributed by atoms with E-state index in [-0.39, 0.29) is 30.5 Å². The number of fused-ring (bicyclic) bond motifs is 2. The highest BCUT2D eigenvalue weighted by Crippen LogP contribution is 2.33. The summed E-state index contributed by atoms with van der Waals surface area (Å²) in [4.78, 5) is 36.9. The molecule has 164 valence electrons. The number of carbonyl (C=O) groups excluding carboxylic acids is 2. The fourth-order valence-electron chi connectivity index (χ4n) is 3.89. The van der Waals surface area contributed by atoms with Crippen LogP contribution in [0, 0.1) is 5.82 Å². The first-order chi connectivity index (χ1) is 15.3. The maximum Gasteiger partial charge on any atom is 0.339 e. The van der Waals surface area contributed by atoms with Gasteiger partial charge in [-0.3, -0.25) is 14.2 Å². The molecule has 1 aromatic heterocycles. The predicted molar refractivity (Wildman–Crippen MR) is 120 cm³/mol. The lowest BCUT2D eigenvalue weighted by Gasteiger charge is -2.13.